The van der Waals surface area contributed by atoms with Crippen LogP contribution in [0.25, 0.3) is 11.4 Å². The molecule has 0 saturated heterocycles. The zero-order valence-corrected chi connectivity index (χ0v) is 22.2. The van der Waals surface area contributed by atoms with E-state index in [1.165, 1.54) is 16.1 Å². The molecule has 1 aromatic carbocycles. The first-order valence-electron chi connectivity index (χ1n) is 11.6. The van der Waals surface area contributed by atoms with Gasteiger partial charge < -0.3 is 9.88 Å². The third-order valence-electron chi connectivity index (χ3n) is 5.16. The van der Waals surface area contributed by atoms with Gasteiger partial charge in [0.05, 0.1) is 10.6 Å². The Balaban J connectivity index is 2.33. The van der Waals surface area contributed by atoms with Gasteiger partial charge in [-0.15, -0.1) is 10.2 Å². The van der Waals surface area contributed by atoms with E-state index in [0.717, 1.165) is 12.8 Å². The molecule has 1 heterocycles. The molecular formula is C23H37N5O3S2. The number of nitrogens with one attached hydrogen (secondary N) is 1. The molecule has 10 heteroatoms. The second-order valence-corrected chi connectivity index (χ2v) is 11.4. The predicted molar refractivity (Wildman–Crippen MR) is 134 cm³/mol. The van der Waals surface area contributed by atoms with Crippen LogP contribution in [-0.4, -0.2) is 58.3 Å². The number of rotatable bonds is 13. The smallest absolute Gasteiger partial charge is 0.243 e. The SMILES string of the molecule is CCCC(C)NC(=O)CSc1nnc(-c2cccc(S(=O)(=O)N(CC)CC)c2)n1CC(C)C. The van der Waals surface area contributed by atoms with Crippen molar-refractivity contribution in [2.45, 2.75) is 77.0 Å². The second kappa shape index (κ2) is 12.5. The van der Waals surface area contributed by atoms with Crippen LogP contribution in [0.1, 0.15) is 54.4 Å². The molecule has 0 radical (unpaired) electrons. The molecule has 0 aliphatic heterocycles. The zero-order chi connectivity index (χ0) is 24.6. The summed E-state index contributed by atoms with van der Waals surface area (Å²) in [6.07, 6.45) is 1.96. The highest BCUT2D eigenvalue weighted by atomic mass is 32.2. The zero-order valence-electron chi connectivity index (χ0n) is 20.5. The quantitative estimate of drug-likeness (QED) is 0.422. The lowest BCUT2D eigenvalue weighted by Gasteiger charge is -2.19. The number of aromatic nitrogens is 3. The monoisotopic (exact) mass is 495 g/mol. The summed E-state index contributed by atoms with van der Waals surface area (Å²) in [5.74, 6) is 1.14. The minimum Gasteiger partial charge on any atom is -0.353 e. The van der Waals surface area contributed by atoms with Gasteiger partial charge in [0.15, 0.2) is 11.0 Å². The van der Waals surface area contributed by atoms with Crippen LogP contribution >= 0.6 is 11.8 Å². The minimum absolute atomic E-state index is 0.0334. The molecule has 0 aliphatic rings. The molecule has 0 saturated carbocycles. The molecule has 1 atom stereocenters. The van der Waals surface area contributed by atoms with Crippen molar-refractivity contribution >= 4 is 27.7 Å². The standard InChI is InChI=1S/C23H37N5O3S2/c1-7-11-18(6)24-21(29)16-32-23-26-25-22(28(23)15-17(4)5)19-12-10-13-20(14-19)33(30,31)27(8-2)9-3/h10,12-14,17-18H,7-9,11,15-16H2,1-6H3,(H,24,29). The van der Waals surface area contributed by atoms with Crippen LogP contribution in [0.3, 0.4) is 0 Å². The van der Waals surface area contributed by atoms with Crippen LogP contribution in [0, 0.1) is 5.92 Å². The Morgan fingerprint density at radius 2 is 1.85 bits per heavy atom. The third kappa shape index (κ3) is 7.28. The van der Waals surface area contributed by atoms with Crippen molar-refractivity contribution in [1.29, 1.82) is 0 Å². The molecule has 0 fully saturated rings. The molecule has 2 rings (SSSR count). The van der Waals surface area contributed by atoms with Crippen LogP contribution < -0.4 is 5.32 Å². The molecule has 1 aromatic heterocycles. The van der Waals surface area contributed by atoms with Gasteiger partial charge in [-0.3, -0.25) is 4.79 Å². The molecule has 1 amide bonds. The molecule has 184 valence electrons. The summed E-state index contributed by atoms with van der Waals surface area (Å²) in [6.45, 7) is 13.4. The maximum absolute atomic E-state index is 13.0. The van der Waals surface area contributed by atoms with Gasteiger partial charge in [-0.1, -0.05) is 64.9 Å². The molecule has 33 heavy (non-hydrogen) atoms. The van der Waals surface area contributed by atoms with Crippen molar-refractivity contribution in [2.75, 3.05) is 18.8 Å². The Morgan fingerprint density at radius 3 is 2.45 bits per heavy atom. The summed E-state index contributed by atoms with van der Waals surface area (Å²) >= 11 is 1.35. The lowest BCUT2D eigenvalue weighted by molar-refractivity contribution is -0.119. The lowest BCUT2D eigenvalue weighted by Crippen LogP contribution is -2.33. The van der Waals surface area contributed by atoms with Crippen molar-refractivity contribution in [2.24, 2.45) is 5.92 Å². The van der Waals surface area contributed by atoms with E-state index in [1.54, 1.807) is 18.2 Å². The van der Waals surface area contributed by atoms with E-state index in [0.29, 0.717) is 42.1 Å². The molecule has 1 N–H and O–H groups in total. The summed E-state index contributed by atoms with van der Waals surface area (Å²) in [4.78, 5) is 12.6. The average Bonchev–Trinajstić information content (AvgIpc) is 3.15. The maximum Gasteiger partial charge on any atom is 0.243 e. The highest BCUT2D eigenvalue weighted by Crippen LogP contribution is 2.27. The molecule has 0 spiro atoms. The fourth-order valence-electron chi connectivity index (χ4n) is 3.60. The van der Waals surface area contributed by atoms with Crippen molar-refractivity contribution in [3.05, 3.63) is 24.3 Å². The number of nitrogens with zero attached hydrogens (tertiary/aromatic N) is 4. The predicted octanol–water partition coefficient (Wildman–Crippen LogP) is 4.03. The van der Waals surface area contributed by atoms with Gasteiger partial charge in [-0.05, 0) is 31.4 Å². The largest absolute Gasteiger partial charge is 0.353 e. The van der Waals surface area contributed by atoms with Crippen LogP contribution in [0.5, 0.6) is 0 Å². The van der Waals surface area contributed by atoms with E-state index >= 15 is 0 Å². The average molecular weight is 496 g/mol. The van der Waals surface area contributed by atoms with Gasteiger partial charge in [0.25, 0.3) is 0 Å². The summed E-state index contributed by atoms with van der Waals surface area (Å²) in [6, 6.07) is 6.98. The van der Waals surface area contributed by atoms with Gasteiger partial charge in [-0.2, -0.15) is 4.31 Å². The number of hydrogen-bond donors (Lipinski definition) is 1. The summed E-state index contributed by atoms with van der Waals surface area (Å²) in [5, 5.41) is 12.4. The molecule has 0 bridgehead atoms. The molecule has 0 aliphatic carbocycles. The van der Waals surface area contributed by atoms with Gasteiger partial charge in [0, 0.05) is 31.2 Å². The Hall–Kier alpha value is -1.91. The Kier molecular flexibility index (Phi) is 10.4. The van der Waals surface area contributed by atoms with E-state index in [4.69, 9.17) is 0 Å². The molecule has 8 nitrogen and oxygen atoms in total. The summed E-state index contributed by atoms with van der Waals surface area (Å²) in [7, 11) is -3.58. The Bertz CT molecular complexity index is 1020. The fourth-order valence-corrected chi connectivity index (χ4v) is 5.86. The highest BCUT2D eigenvalue weighted by Gasteiger charge is 2.23. The van der Waals surface area contributed by atoms with Crippen LogP contribution in [0.15, 0.2) is 34.3 Å². The maximum atomic E-state index is 13.0. The number of carbonyl (C=O) groups is 1. The van der Waals surface area contributed by atoms with Gasteiger partial charge in [0.2, 0.25) is 15.9 Å². The lowest BCUT2D eigenvalue weighted by atomic mass is 10.2. The fraction of sp³-hybridized carbons (Fsp3) is 0.609. The Morgan fingerprint density at radius 1 is 1.15 bits per heavy atom. The van der Waals surface area contributed by atoms with E-state index in [2.05, 4.69) is 36.3 Å². The number of thioether (sulfide) groups is 1. The topological polar surface area (TPSA) is 97.2 Å². The van der Waals surface area contributed by atoms with E-state index in [1.807, 2.05) is 31.4 Å². The summed E-state index contributed by atoms with van der Waals surface area (Å²) in [5.41, 5.74) is 0.684. The number of carbonyl (C=O) groups excluding carboxylic acids is 1. The molecule has 2 aromatic rings. The van der Waals surface area contributed by atoms with Crippen molar-refractivity contribution < 1.29 is 13.2 Å². The van der Waals surface area contributed by atoms with Crippen LogP contribution in [0.4, 0.5) is 0 Å². The highest BCUT2D eigenvalue weighted by molar-refractivity contribution is 7.99. The Labute approximate surface area is 202 Å². The van der Waals surface area contributed by atoms with Gasteiger partial charge in [0.1, 0.15) is 0 Å². The molecule has 1 unspecified atom stereocenters. The first kappa shape index (κ1) is 27.3. The number of amides is 1. The van der Waals surface area contributed by atoms with Crippen molar-refractivity contribution in [3.8, 4) is 11.4 Å². The van der Waals surface area contributed by atoms with E-state index in [-0.39, 0.29) is 22.6 Å². The summed E-state index contributed by atoms with van der Waals surface area (Å²) < 4.78 is 29.4. The first-order chi connectivity index (χ1) is 15.6. The molecular weight excluding hydrogens is 458 g/mol. The van der Waals surface area contributed by atoms with Crippen LogP contribution in [0.2, 0.25) is 0 Å². The normalized spacial score (nSPS) is 13.0. The third-order valence-corrected chi connectivity index (χ3v) is 8.17. The number of benzene rings is 1. The van der Waals surface area contributed by atoms with E-state index in [9.17, 15) is 13.2 Å². The van der Waals surface area contributed by atoms with Gasteiger partial charge in [-0.25, -0.2) is 8.42 Å². The number of sulfonamides is 1. The first-order valence-corrected chi connectivity index (χ1v) is 14.0. The minimum atomic E-state index is -3.58. The number of hydrogen-bond acceptors (Lipinski definition) is 6. The van der Waals surface area contributed by atoms with Crippen molar-refractivity contribution in [3.63, 3.8) is 0 Å². The second-order valence-electron chi connectivity index (χ2n) is 8.47. The van der Waals surface area contributed by atoms with Crippen LogP contribution in [-0.2, 0) is 21.4 Å². The van der Waals surface area contributed by atoms with Gasteiger partial charge >= 0.3 is 0 Å². The van der Waals surface area contributed by atoms with Crippen molar-refractivity contribution in [1.82, 2.24) is 24.4 Å². The van der Waals surface area contributed by atoms with E-state index < -0.39 is 10.0 Å².